The average molecular weight is 407 g/mol. The lowest BCUT2D eigenvalue weighted by molar-refractivity contribution is 0.101. The van der Waals surface area contributed by atoms with Crippen molar-refractivity contribution in [1.82, 2.24) is 9.46 Å². The van der Waals surface area contributed by atoms with Gasteiger partial charge in [-0.1, -0.05) is 19.0 Å². The molecule has 1 aliphatic heterocycles. The first-order valence-electron chi connectivity index (χ1n) is 9.50. The van der Waals surface area contributed by atoms with E-state index in [1.807, 2.05) is 0 Å². The largest absolute Gasteiger partial charge is 0.370 e. The first kappa shape index (κ1) is 20.3. The van der Waals surface area contributed by atoms with E-state index < -0.39 is 15.9 Å². The fourth-order valence-electron chi connectivity index (χ4n) is 3.38. The van der Waals surface area contributed by atoms with Crippen LogP contribution in [0.15, 0.2) is 33.7 Å². The van der Waals surface area contributed by atoms with Gasteiger partial charge in [0.2, 0.25) is 10.0 Å². The molecular formula is C19H26N4O4S. The Morgan fingerprint density at radius 2 is 1.89 bits per heavy atom. The highest BCUT2D eigenvalue weighted by Gasteiger charge is 2.25. The molecule has 28 heavy (non-hydrogen) atoms. The molecule has 0 atom stereocenters. The molecule has 1 aromatic carbocycles. The predicted molar refractivity (Wildman–Crippen MR) is 107 cm³/mol. The number of amides is 1. The number of nitrogens with one attached hydrogen (secondary N) is 1. The second-order valence-electron chi connectivity index (χ2n) is 6.74. The topological polar surface area (TPSA) is 95.8 Å². The fraction of sp³-hybridized carbons (Fsp3) is 0.474. The number of anilines is 2. The van der Waals surface area contributed by atoms with E-state index >= 15 is 0 Å². The summed E-state index contributed by atoms with van der Waals surface area (Å²) in [7, 11) is -3.63. The Morgan fingerprint density at radius 1 is 1.21 bits per heavy atom. The number of hydrogen-bond acceptors (Lipinski definition) is 6. The molecule has 1 N–H and O–H groups in total. The molecule has 0 spiro atoms. The van der Waals surface area contributed by atoms with E-state index in [2.05, 4.69) is 15.4 Å². The van der Waals surface area contributed by atoms with Crippen molar-refractivity contribution >= 4 is 27.3 Å². The van der Waals surface area contributed by atoms with Crippen molar-refractivity contribution in [1.29, 1.82) is 0 Å². The first-order valence-corrected chi connectivity index (χ1v) is 10.9. The maximum atomic E-state index is 12.9. The molecule has 1 aromatic heterocycles. The number of aromatic nitrogens is 1. The lowest BCUT2D eigenvalue weighted by Crippen LogP contribution is -2.31. The molecular weight excluding hydrogens is 380 g/mol. The van der Waals surface area contributed by atoms with E-state index in [-0.39, 0.29) is 10.6 Å². The summed E-state index contributed by atoms with van der Waals surface area (Å²) in [6, 6.07) is 6.45. The van der Waals surface area contributed by atoms with Gasteiger partial charge in [0.05, 0.1) is 16.3 Å². The molecule has 152 valence electrons. The number of sulfonamides is 1. The van der Waals surface area contributed by atoms with Crippen LogP contribution in [0.25, 0.3) is 0 Å². The van der Waals surface area contributed by atoms with Crippen LogP contribution >= 0.6 is 0 Å². The van der Waals surface area contributed by atoms with E-state index in [0.29, 0.717) is 24.5 Å². The van der Waals surface area contributed by atoms with Gasteiger partial charge in [0.15, 0.2) is 5.69 Å². The maximum Gasteiger partial charge on any atom is 0.277 e. The summed E-state index contributed by atoms with van der Waals surface area (Å²) in [5.41, 5.74) is 1.42. The van der Waals surface area contributed by atoms with Gasteiger partial charge in [-0.15, -0.1) is 0 Å². The zero-order valence-corrected chi connectivity index (χ0v) is 17.3. The number of benzene rings is 1. The second-order valence-corrected chi connectivity index (χ2v) is 8.68. The second kappa shape index (κ2) is 8.32. The zero-order valence-electron chi connectivity index (χ0n) is 16.4. The molecule has 0 bridgehead atoms. The van der Waals surface area contributed by atoms with Crippen molar-refractivity contribution in [3.05, 3.63) is 35.7 Å². The summed E-state index contributed by atoms with van der Waals surface area (Å²) < 4.78 is 32.2. The number of carbonyl (C=O) groups excluding carboxylic acids is 1. The van der Waals surface area contributed by atoms with E-state index in [4.69, 9.17) is 4.52 Å². The van der Waals surface area contributed by atoms with Gasteiger partial charge in [0, 0.05) is 32.2 Å². The van der Waals surface area contributed by atoms with E-state index in [0.717, 1.165) is 31.6 Å². The Labute approximate surface area is 165 Å². The van der Waals surface area contributed by atoms with Crippen molar-refractivity contribution in [2.45, 2.75) is 38.5 Å². The standard InChI is InChI=1S/C19H26N4O4S/c1-4-23(5-2)28(25,26)15-8-9-18(22-10-6-7-11-22)16(13-15)20-19(24)17-12-14(3)27-21-17/h8-9,12-13H,4-7,10-11H2,1-3H3,(H,20,24). The smallest absolute Gasteiger partial charge is 0.277 e. The summed E-state index contributed by atoms with van der Waals surface area (Å²) in [4.78, 5) is 14.9. The Balaban J connectivity index is 1.99. The third kappa shape index (κ3) is 4.05. The van der Waals surface area contributed by atoms with Crippen LogP contribution in [0.2, 0.25) is 0 Å². The monoisotopic (exact) mass is 406 g/mol. The zero-order chi connectivity index (χ0) is 20.3. The molecule has 1 amide bonds. The number of aryl methyl sites for hydroxylation is 1. The third-order valence-electron chi connectivity index (χ3n) is 4.87. The quantitative estimate of drug-likeness (QED) is 0.760. The number of nitrogens with zero attached hydrogens (tertiary/aromatic N) is 3. The van der Waals surface area contributed by atoms with Gasteiger partial charge in [0.1, 0.15) is 5.76 Å². The lowest BCUT2D eigenvalue weighted by atomic mass is 10.2. The van der Waals surface area contributed by atoms with Gasteiger partial charge < -0.3 is 14.7 Å². The summed E-state index contributed by atoms with van der Waals surface area (Å²) in [6.07, 6.45) is 2.13. The molecule has 0 saturated carbocycles. The van der Waals surface area contributed by atoms with Crippen molar-refractivity contribution < 1.29 is 17.7 Å². The Kier molecular flexibility index (Phi) is 6.04. The molecule has 0 unspecified atom stereocenters. The molecule has 2 aromatic rings. The van der Waals surface area contributed by atoms with Crippen LogP contribution in [0.3, 0.4) is 0 Å². The predicted octanol–water partition coefficient (Wildman–Crippen LogP) is 2.87. The minimum Gasteiger partial charge on any atom is -0.370 e. The highest BCUT2D eigenvalue weighted by Crippen LogP contribution is 2.32. The van der Waals surface area contributed by atoms with Gasteiger partial charge in [-0.05, 0) is 38.0 Å². The van der Waals surface area contributed by atoms with E-state index in [9.17, 15) is 13.2 Å². The van der Waals surface area contributed by atoms with E-state index in [1.165, 1.54) is 10.4 Å². The Hall–Kier alpha value is -2.39. The Bertz CT molecular complexity index is 945. The molecule has 3 rings (SSSR count). The van der Waals surface area contributed by atoms with Gasteiger partial charge in [-0.2, -0.15) is 4.31 Å². The number of hydrogen-bond donors (Lipinski definition) is 1. The van der Waals surface area contributed by atoms with Crippen molar-refractivity contribution in [2.75, 3.05) is 36.4 Å². The molecule has 1 aliphatic rings. The Morgan fingerprint density at radius 3 is 2.46 bits per heavy atom. The molecule has 2 heterocycles. The van der Waals surface area contributed by atoms with Gasteiger partial charge in [-0.25, -0.2) is 8.42 Å². The van der Waals surface area contributed by atoms with Gasteiger partial charge in [-0.3, -0.25) is 4.79 Å². The molecule has 1 fully saturated rings. The van der Waals surface area contributed by atoms with E-state index in [1.54, 1.807) is 39.0 Å². The SMILES string of the molecule is CCN(CC)S(=O)(=O)c1ccc(N2CCCC2)c(NC(=O)c2cc(C)on2)c1. The minimum absolute atomic E-state index is 0.155. The highest BCUT2D eigenvalue weighted by atomic mass is 32.2. The normalized spacial score (nSPS) is 14.6. The molecule has 8 nitrogen and oxygen atoms in total. The third-order valence-corrected chi connectivity index (χ3v) is 6.91. The van der Waals surface area contributed by atoms with Crippen molar-refractivity contribution in [3.8, 4) is 0 Å². The summed E-state index contributed by atoms with van der Waals surface area (Å²) in [5.74, 6) is 0.0949. The van der Waals surface area contributed by atoms with Crippen LogP contribution in [0, 0.1) is 6.92 Å². The van der Waals surface area contributed by atoms with Crippen LogP contribution in [0.1, 0.15) is 42.9 Å². The van der Waals surface area contributed by atoms with Crippen molar-refractivity contribution in [2.24, 2.45) is 0 Å². The van der Waals surface area contributed by atoms with Gasteiger partial charge >= 0.3 is 0 Å². The summed E-state index contributed by atoms with van der Waals surface area (Å²) in [6.45, 7) is 7.81. The van der Waals surface area contributed by atoms with Crippen molar-refractivity contribution in [3.63, 3.8) is 0 Å². The molecule has 0 aliphatic carbocycles. The first-order chi connectivity index (χ1) is 13.4. The molecule has 1 saturated heterocycles. The summed E-state index contributed by atoms with van der Waals surface area (Å²) >= 11 is 0. The van der Waals surface area contributed by atoms with Crippen LogP contribution in [-0.4, -0.2) is 50.0 Å². The average Bonchev–Trinajstić information content (AvgIpc) is 3.34. The van der Waals surface area contributed by atoms with Gasteiger partial charge in [0.25, 0.3) is 5.91 Å². The van der Waals surface area contributed by atoms with Crippen LogP contribution in [-0.2, 0) is 10.0 Å². The maximum absolute atomic E-state index is 12.9. The fourth-order valence-corrected chi connectivity index (χ4v) is 4.87. The number of carbonyl (C=O) groups is 1. The van der Waals surface area contributed by atoms with Crippen LogP contribution < -0.4 is 10.2 Å². The lowest BCUT2D eigenvalue weighted by Gasteiger charge is -2.24. The molecule has 0 radical (unpaired) electrons. The van der Waals surface area contributed by atoms with Crippen LogP contribution in [0.5, 0.6) is 0 Å². The number of rotatable bonds is 7. The summed E-state index contributed by atoms with van der Waals surface area (Å²) in [5, 5.41) is 6.56. The highest BCUT2D eigenvalue weighted by molar-refractivity contribution is 7.89. The minimum atomic E-state index is -3.63. The van der Waals surface area contributed by atoms with Crippen LogP contribution in [0.4, 0.5) is 11.4 Å². The molecule has 9 heteroatoms.